The molecule has 2 aromatic rings. The minimum Gasteiger partial charge on any atom is -0.481 e. The molecular formula is C18H18BrNO3. The fourth-order valence-electron chi connectivity index (χ4n) is 3.03. The standard InChI is InChI=1S/C18H18BrNO3/c1-12-7-8-15-14(9-12)10-16(20(21)22)18(17(15)19)23-11-13-5-3-2-4-6-13/h2-6,10,12H,7-9,11H2,1H3. The molecule has 1 aliphatic carbocycles. The number of nitrogens with zero attached hydrogens (tertiary/aromatic N) is 1. The van der Waals surface area contributed by atoms with Crippen LogP contribution in [0.15, 0.2) is 40.9 Å². The molecule has 1 unspecified atom stereocenters. The Labute approximate surface area is 143 Å². The molecule has 0 spiro atoms. The van der Waals surface area contributed by atoms with Crippen molar-refractivity contribution < 1.29 is 9.66 Å². The van der Waals surface area contributed by atoms with Gasteiger partial charge in [-0.2, -0.15) is 0 Å². The van der Waals surface area contributed by atoms with Crippen molar-refractivity contribution in [1.29, 1.82) is 0 Å². The summed E-state index contributed by atoms with van der Waals surface area (Å²) < 4.78 is 6.56. The van der Waals surface area contributed by atoms with Crippen molar-refractivity contribution in [2.75, 3.05) is 0 Å². The lowest BCUT2D eigenvalue weighted by Gasteiger charge is -2.23. The molecule has 0 aromatic heterocycles. The van der Waals surface area contributed by atoms with Crippen LogP contribution in [-0.2, 0) is 19.4 Å². The molecule has 4 nitrogen and oxygen atoms in total. The number of nitro benzene ring substituents is 1. The summed E-state index contributed by atoms with van der Waals surface area (Å²) in [6.45, 7) is 2.50. The van der Waals surface area contributed by atoms with E-state index in [1.54, 1.807) is 6.07 Å². The number of benzene rings is 2. The zero-order valence-corrected chi connectivity index (χ0v) is 14.5. The summed E-state index contributed by atoms with van der Waals surface area (Å²) >= 11 is 3.55. The van der Waals surface area contributed by atoms with Gasteiger partial charge in [-0.3, -0.25) is 10.1 Å². The average Bonchev–Trinajstić information content (AvgIpc) is 2.54. The molecule has 0 N–H and O–H groups in total. The number of fused-ring (bicyclic) bond motifs is 1. The Hall–Kier alpha value is -1.88. The molecule has 0 fully saturated rings. The first-order valence-corrected chi connectivity index (χ1v) is 8.51. The normalized spacial score (nSPS) is 16.7. The van der Waals surface area contributed by atoms with E-state index in [0.717, 1.165) is 40.4 Å². The molecule has 0 heterocycles. The minimum absolute atomic E-state index is 0.0423. The van der Waals surface area contributed by atoms with Crippen molar-refractivity contribution in [3.8, 4) is 5.75 Å². The first-order valence-electron chi connectivity index (χ1n) is 7.71. The van der Waals surface area contributed by atoms with Crippen LogP contribution in [0.2, 0.25) is 0 Å². The third-order valence-corrected chi connectivity index (χ3v) is 5.11. The quantitative estimate of drug-likeness (QED) is 0.554. The molecule has 0 aliphatic heterocycles. The Bertz CT molecular complexity index is 731. The number of nitro groups is 1. The summed E-state index contributed by atoms with van der Waals surface area (Å²) in [5, 5.41) is 11.5. The molecule has 23 heavy (non-hydrogen) atoms. The molecule has 0 saturated carbocycles. The van der Waals surface area contributed by atoms with Gasteiger partial charge in [0.05, 0.1) is 9.40 Å². The number of rotatable bonds is 4. The summed E-state index contributed by atoms with van der Waals surface area (Å²) in [6.07, 6.45) is 2.91. The van der Waals surface area contributed by atoms with Crippen LogP contribution in [0.4, 0.5) is 5.69 Å². The van der Waals surface area contributed by atoms with Crippen LogP contribution in [0.25, 0.3) is 0 Å². The van der Waals surface area contributed by atoms with Crippen molar-refractivity contribution >= 4 is 21.6 Å². The molecule has 1 aliphatic rings. The molecule has 0 saturated heterocycles. The summed E-state index contributed by atoms with van der Waals surface area (Å²) in [7, 11) is 0. The molecule has 1 atom stereocenters. The van der Waals surface area contributed by atoms with E-state index in [2.05, 4.69) is 22.9 Å². The van der Waals surface area contributed by atoms with Crippen LogP contribution >= 0.6 is 15.9 Å². The van der Waals surface area contributed by atoms with E-state index in [1.165, 1.54) is 0 Å². The predicted molar refractivity (Wildman–Crippen MR) is 92.8 cm³/mol. The van der Waals surface area contributed by atoms with E-state index < -0.39 is 0 Å². The van der Waals surface area contributed by atoms with Crippen molar-refractivity contribution in [3.63, 3.8) is 0 Å². The molecular weight excluding hydrogens is 358 g/mol. The Kier molecular flexibility index (Phi) is 4.66. The maximum atomic E-state index is 11.5. The summed E-state index contributed by atoms with van der Waals surface area (Å²) in [4.78, 5) is 11.1. The second-order valence-electron chi connectivity index (χ2n) is 6.06. The Morgan fingerprint density at radius 2 is 2.09 bits per heavy atom. The lowest BCUT2D eigenvalue weighted by molar-refractivity contribution is -0.386. The lowest BCUT2D eigenvalue weighted by Crippen LogP contribution is -2.13. The van der Waals surface area contributed by atoms with E-state index in [0.29, 0.717) is 18.3 Å². The topological polar surface area (TPSA) is 52.4 Å². The van der Waals surface area contributed by atoms with Crippen LogP contribution in [0, 0.1) is 16.0 Å². The van der Waals surface area contributed by atoms with E-state index in [4.69, 9.17) is 4.74 Å². The van der Waals surface area contributed by atoms with E-state index in [1.807, 2.05) is 30.3 Å². The van der Waals surface area contributed by atoms with Crippen LogP contribution in [0.5, 0.6) is 5.75 Å². The highest BCUT2D eigenvalue weighted by Gasteiger charge is 2.27. The lowest BCUT2D eigenvalue weighted by atomic mass is 9.84. The maximum Gasteiger partial charge on any atom is 0.312 e. The maximum absolute atomic E-state index is 11.5. The second-order valence-corrected chi connectivity index (χ2v) is 6.85. The van der Waals surface area contributed by atoms with Crippen molar-refractivity contribution in [3.05, 3.63) is 67.7 Å². The molecule has 120 valence electrons. The molecule has 0 amide bonds. The largest absolute Gasteiger partial charge is 0.481 e. The second kappa shape index (κ2) is 6.71. The van der Waals surface area contributed by atoms with Crippen LogP contribution in [-0.4, -0.2) is 4.92 Å². The van der Waals surface area contributed by atoms with Crippen molar-refractivity contribution in [2.24, 2.45) is 5.92 Å². The summed E-state index contributed by atoms with van der Waals surface area (Å²) in [6, 6.07) is 11.4. The first-order chi connectivity index (χ1) is 11.1. The Morgan fingerprint density at radius 3 is 2.78 bits per heavy atom. The fraction of sp³-hybridized carbons (Fsp3) is 0.333. The molecule has 0 radical (unpaired) electrons. The van der Waals surface area contributed by atoms with Gasteiger partial charge in [0.25, 0.3) is 0 Å². The third kappa shape index (κ3) is 3.39. The molecule has 2 aromatic carbocycles. The molecule has 3 rings (SSSR count). The Balaban J connectivity index is 1.96. The monoisotopic (exact) mass is 375 g/mol. The number of ether oxygens (including phenoxy) is 1. The van der Waals surface area contributed by atoms with Crippen molar-refractivity contribution in [1.82, 2.24) is 0 Å². The first kappa shape index (κ1) is 16.0. The van der Waals surface area contributed by atoms with Gasteiger partial charge in [-0.05, 0) is 57.8 Å². The zero-order chi connectivity index (χ0) is 16.4. The van der Waals surface area contributed by atoms with Gasteiger partial charge in [0.15, 0.2) is 0 Å². The van der Waals surface area contributed by atoms with E-state index >= 15 is 0 Å². The SMILES string of the molecule is CC1CCc2c(cc([N+](=O)[O-])c(OCc3ccccc3)c2Br)C1. The highest BCUT2D eigenvalue weighted by molar-refractivity contribution is 9.10. The van der Waals surface area contributed by atoms with E-state index in [-0.39, 0.29) is 10.6 Å². The highest BCUT2D eigenvalue weighted by Crippen LogP contribution is 2.43. The smallest absolute Gasteiger partial charge is 0.312 e. The Morgan fingerprint density at radius 1 is 1.35 bits per heavy atom. The van der Waals surface area contributed by atoms with Crippen molar-refractivity contribution in [2.45, 2.75) is 32.8 Å². The van der Waals surface area contributed by atoms with Crippen LogP contribution < -0.4 is 4.74 Å². The van der Waals surface area contributed by atoms with Gasteiger partial charge in [0.1, 0.15) is 6.61 Å². The van der Waals surface area contributed by atoms with Gasteiger partial charge in [-0.25, -0.2) is 0 Å². The highest BCUT2D eigenvalue weighted by atomic mass is 79.9. The van der Waals surface area contributed by atoms with Crippen LogP contribution in [0.3, 0.4) is 0 Å². The third-order valence-electron chi connectivity index (χ3n) is 4.27. The number of halogens is 1. The zero-order valence-electron chi connectivity index (χ0n) is 12.9. The van der Waals surface area contributed by atoms with E-state index in [9.17, 15) is 10.1 Å². The van der Waals surface area contributed by atoms with Gasteiger partial charge < -0.3 is 4.74 Å². The number of hydrogen-bond donors (Lipinski definition) is 0. The summed E-state index contributed by atoms with van der Waals surface area (Å²) in [5.41, 5.74) is 3.24. The summed E-state index contributed by atoms with van der Waals surface area (Å²) in [5.74, 6) is 0.900. The van der Waals surface area contributed by atoms with Gasteiger partial charge in [0, 0.05) is 6.07 Å². The minimum atomic E-state index is -0.357. The van der Waals surface area contributed by atoms with Gasteiger partial charge in [0.2, 0.25) is 5.75 Å². The molecule has 0 bridgehead atoms. The van der Waals surface area contributed by atoms with Gasteiger partial charge in [-0.15, -0.1) is 0 Å². The fourth-order valence-corrected chi connectivity index (χ4v) is 3.80. The van der Waals surface area contributed by atoms with Crippen LogP contribution in [0.1, 0.15) is 30.0 Å². The van der Waals surface area contributed by atoms with Gasteiger partial charge >= 0.3 is 5.69 Å². The van der Waals surface area contributed by atoms with Gasteiger partial charge in [-0.1, -0.05) is 37.3 Å². The molecule has 5 heteroatoms. The average molecular weight is 376 g/mol. The number of hydrogen-bond acceptors (Lipinski definition) is 3. The predicted octanol–water partition coefficient (Wildman–Crippen LogP) is 5.06.